The summed E-state index contributed by atoms with van der Waals surface area (Å²) in [6.07, 6.45) is 12.6. The number of carbonyl (C=O) groups excluding carboxylic acids is 3. The number of fused-ring (bicyclic) bond motifs is 1. The summed E-state index contributed by atoms with van der Waals surface area (Å²) in [6.45, 7) is 20.5. The number of piperidine rings is 2. The number of aryl methyl sites for hydroxylation is 1. The summed E-state index contributed by atoms with van der Waals surface area (Å²) < 4.78 is 20.9. The smallest absolute Gasteiger partial charge is 0.253 e. The Labute approximate surface area is 415 Å². The van der Waals surface area contributed by atoms with Crippen molar-refractivity contribution in [2.24, 2.45) is 5.92 Å². The summed E-state index contributed by atoms with van der Waals surface area (Å²) in [5.41, 5.74) is 11.2. The van der Waals surface area contributed by atoms with E-state index in [0.717, 1.165) is 94.7 Å². The summed E-state index contributed by atoms with van der Waals surface area (Å²) in [4.78, 5) is 53.0. The number of likely N-dealkylation sites (tertiary alicyclic amines) is 2. The lowest BCUT2D eigenvalue weighted by Crippen LogP contribution is -2.48. The first-order valence-electron chi connectivity index (χ1n) is 25.3. The predicted octanol–water partition coefficient (Wildman–Crippen LogP) is 7.99. The highest BCUT2D eigenvalue weighted by molar-refractivity contribution is 5.94. The number of pyridine rings is 1. The highest BCUT2D eigenvalue weighted by Gasteiger charge is 2.30. The van der Waals surface area contributed by atoms with E-state index >= 15 is 4.39 Å². The van der Waals surface area contributed by atoms with Crippen LogP contribution in [0.5, 0.6) is 0 Å². The minimum atomic E-state index is -0.666. The van der Waals surface area contributed by atoms with E-state index < -0.39 is 6.04 Å². The second kappa shape index (κ2) is 24.3. The average Bonchev–Trinajstić information content (AvgIpc) is 3.70. The van der Waals surface area contributed by atoms with Gasteiger partial charge in [-0.1, -0.05) is 36.4 Å². The third kappa shape index (κ3) is 12.5. The average molecular weight is 958 g/mol. The minimum absolute atomic E-state index is 0.112. The van der Waals surface area contributed by atoms with Gasteiger partial charge in [-0.2, -0.15) is 0 Å². The van der Waals surface area contributed by atoms with Crippen molar-refractivity contribution in [3.05, 3.63) is 119 Å². The molecule has 14 heteroatoms. The summed E-state index contributed by atoms with van der Waals surface area (Å²) in [7, 11) is 5.37. The number of hydrogen-bond acceptors (Lipinski definition) is 11. The third-order valence-electron chi connectivity index (χ3n) is 15.3. The van der Waals surface area contributed by atoms with Crippen LogP contribution in [0.2, 0.25) is 0 Å². The highest BCUT2D eigenvalue weighted by Crippen LogP contribution is 2.39. The van der Waals surface area contributed by atoms with Gasteiger partial charge in [-0.15, -0.1) is 0 Å². The number of amides is 2. The Morgan fingerprint density at radius 2 is 1.69 bits per heavy atom. The number of halogens is 1. The van der Waals surface area contributed by atoms with E-state index in [1.807, 2.05) is 23.2 Å². The molecule has 3 saturated heterocycles. The van der Waals surface area contributed by atoms with E-state index in [9.17, 15) is 14.4 Å². The zero-order valence-corrected chi connectivity index (χ0v) is 42.6. The van der Waals surface area contributed by atoms with Gasteiger partial charge in [-0.05, 0) is 144 Å². The van der Waals surface area contributed by atoms with Gasteiger partial charge in [0.25, 0.3) is 5.91 Å². The van der Waals surface area contributed by atoms with Gasteiger partial charge in [0.05, 0.1) is 18.0 Å². The van der Waals surface area contributed by atoms with E-state index in [4.69, 9.17) is 9.72 Å². The molecular formula is C56H76FN9O4. The highest BCUT2D eigenvalue weighted by atomic mass is 19.1. The van der Waals surface area contributed by atoms with Gasteiger partial charge in [-0.25, -0.2) is 4.39 Å². The molecule has 4 aliphatic heterocycles. The number of ether oxygens (including phenoxy) is 1. The van der Waals surface area contributed by atoms with Crippen LogP contribution in [0.1, 0.15) is 92.4 Å². The maximum absolute atomic E-state index is 15.5. The minimum Gasteiger partial charge on any atom is -0.381 e. The predicted molar refractivity (Wildman–Crippen MR) is 280 cm³/mol. The van der Waals surface area contributed by atoms with Crippen LogP contribution < -0.4 is 20.9 Å². The molecule has 2 aromatic carbocycles. The van der Waals surface area contributed by atoms with Crippen molar-refractivity contribution in [1.29, 1.82) is 0 Å². The Kier molecular flexibility index (Phi) is 18.1. The molecule has 376 valence electrons. The molecule has 3 N–H and O–H groups in total. The SMILES string of the molecule is C=C/C(=C\C(F)=C(/C)N1CCN(CC2CCN(C(=O)c3ccc(C4CCN(C(C)/C(C)=C/c5c(-c6ccc7c(c6)N(C)C(COC)N7)ccnc5C)CC4)cc3)CC2)CC1)NC(CCC=O)C(=O)NC. The number of likely N-dealkylation sites (N-methyl/N-ethyl adjacent to an activating group) is 2. The van der Waals surface area contributed by atoms with Crippen LogP contribution >= 0.6 is 0 Å². The van der Waals surface area contributed by atoms with Crippen molar-refractivity contribution in [2.45, 2.75) is 90.4 Å². The molecule has 4 aliphatic rings. The number of nitrogens with one attached hydrogen (secondary N) is 3. The number of carbonyl (C=O) groups is 3. The van der Waals surface area contributed by atoms with E-state index in [2.05, 4.69) is 112 Å². The molecule has 0 radical (unpaired) electrons. The molecule has 7 rings (SSSR count). The van der Waals surface area contributed by atoms with Crippen molar-refractivity contribution in [1.82, 2.24) is 35.2 Å². The van der Waals surface area contributed by atoms with E-state index in [1.54, 1.807) is 14.0 Å². The van der Waals surface area contributed by atoms with Crippen LogP contribution in [0.25, 0.3) is 17.2 Å². The molecule has 0 bridgehead atoms. The van der Waals surface area contributed by atoms with Crippen molar-refractivity contribution in [2.75, 3.05) is 96.9 Å². The van der Waals surface area contributed by atoms with Crippen molar-refractivity contribution in [3.8, 4) is 11.1 Å². The van der Waals surface area contributed by atoms with Crippen LogP contribution in [-0.2, 0) is 14.3 Å². The molecule has 5 heterocycles. The molecule has 3 atom stereocenters. The molecule has 13 nitrogen and oxygen atoms in total. The lowest BCUT2D eigenvalue weighted by Gasteiger charge is -2.40. The molecular weight excluding hydrogens is 882 g/mol. The van der Waals surface area contributed by atoms with Gasteiger partial charge < -0.3 is 40.2 Å². The van der Waals surface area contributed by atoms with E-state index in [0.29, 0.717) is 55.4 Å². The normalized spacial score (nSPS) is 20.1. The second-order valence-electron chi connectivity index (χ2n) is 19.6. The van der Waals surface area contributed by atoms with Gasteiger partial charge in [-0.3, -0.25) is 24.4 Å². The number of allylic oxidation sites excluding steroid dienone is 4. The molecule has 3 aromatic rings. The van der Waals surface area contributed by atoms with E-state index in [1.165, 1.54) is 52.7 Å². The number of aldehydes is 1. The molecule has 0 spiro atoms. The first kappa shape index (κ1) is 52.0. The van der Waals surface area contributed by atoms with Crippen LogP contribution in [-0.4, -0.2) is 148 Å². The number of hydrogen-bond donors (Lipinski definition) is 3. The second-order valence-corrected chi connectivity index (χ2v) is 19.6. The summed E-state index contributed by atoms with van der Waals surface area (Å²) in [5, 5.41) is 9.18. The Morgan fingerprint density at radius 3 is 2.34 bits per heavy atom. The zero-order valence-electron chi connectivity index (χ0n) is 42.6. The van der Waals surface area contributed by atoms with Crippen molar-refractivity contribution >= 4 is 35.6 Å². The third-order valence-corrected chi connectivity index (χ3v) is 15.3. The molecule has 0 saturated carbocycles. The number of benzene rings is 2. The van der Waals surface area contributed by atoms with Gasteiger partial charge >= 0.3 is 0 Å². The number of anilines is 2. The topological polar surface area (TPSA) is 126 Å². The van der Waals surface area contributed by atoms with Gasteiger partial charge in [0.15, 0.2) is 0 Å². The van der Waals surface area contributed by atoms with Gasteiger partial charge in [0.1, 0.15) is 24.3 Å². The quantitative estimate of drug-likeness (QED) is 0.0801. The van der Waals surface area contributed by atoms with Crippen LogP contribution in [0, 0.1) is 12.8 Å². The summed E-state index contributed by atoms with van der Waals surface area (Å²) in [6, 6.07) is 16.8. The maximum atomic E-state index is 15.5. The summed E-state index contributed by atoms with van der Waals surface area (Å²) in [5.74, 6) is 0.437. The molecule has 1 aromatic heterocycles. The molecule has 0 aliphatic carbocycles. The van der Waals surface area contributed by atoms with E-state index in [-0.39, 0.29) is 30.2 Å². The number of piperazine rings is 1. The number of rotatable bonds is 19. The molecule has 2 amide bonds. The van der Waals surface area contributed by atoms with Crippen molar-refractivity contribution in [3.63, 3.8) is 0 Å². The fourth-order valence-corrected chi connectivity index (χ4v) is 10.6. The fourth-order valence-electron chi connectivity index (χ4n) is 10.6. The Bertz CT molecular complexity index is 2400. The number of aromatic nitrogens is 1. The molecule has 3 unspecified atom stereocenters. The Hall–Kier alpha value is -5.83. The monoisotopic (exact) mass is 958 g/mol. The summed E-state index contributed by atoms with van der Waals surface area (Å²) >= 11 is 0. The van der Waals surface area contributed by atoms with Crippen LogP contribution in [0.4, 0.5) is 15.8 Å². The van der Waals surface area contributed by atoms with Crippen molar-refractivity contribution < 1.29 is 23.5 Å². The standard InChI is InChI=1S/C56H76FN9O4/c1-9-47(60-52(11-10-32-67)55(68)58-6)35-50(57)41(5)65-30-28-63(29-31-65)36-42-19-24-66(25-20-42)56(69)45-14-12-43(13-15-45)44-21-26-64(27-22-44)40(4)38(2)33-49-39(3)59-23-18-48(49)46-16-17-51-53(34-46)62(7)54(61-51)37-70-8/h9,12-18,23,32-35,40,42,44,52,54,60-61H,1,10-11,19-22,24-31,36-37H2,2-8H3,(H,58,68)/b38-33+,47-35+,50-41-. The number of methoxy groups -OCH3 is 1. The van der Waals surface area contributed by atoms with Crippen LogP contribution in [0.15, 0.2) is 96.3 Å². The number of nitrogens with zero attached hydrogens (tertiary/aromatic N) is 6. The first-order chi connectivity index (χ1) is 33.8. The van der Waals surface area contributed by atoms with Crippen LogP contribution in [0.3, 0.4) is 0 Å². The lowest BCUT2D eigenvalue weighted by atomic mass is 9.87. The van der Waals surface area contributed by atoms with Gasteiger partial charge in [0.2, 0.25) is 5.91 Å². The lowest BCUT2D eigenvalue weighted by molar-refractivity contribution is -0.122. The molecule has 70 heavy (non-hydrogen) atoms. The maximum Gasteiger partial charge on any atom is 0.253 e. The first-order valence-corrected chi connectivity index (χ1v) is 25.3. The van der Waals surface area contributed by atoms with Gasteiger partial charge in [0, 0.05) is 114 Å². The zero-order chi connectivity index (χ0) is 49.9. The fraction of sp³-hybridized carbons (Fsp3) is 0.500. The Morgan fingerprint density at radius 1 is 0.971 bits per heavy atom. The Balaban J connectivity index is 0.852. The largest absolute Gasteiger partial charge is 0.381 e. The molecule has 3 fully saturated rings.